The molecular weight excluding hydrogens is 239 g/mol. The van der Waals surface area contributed by atoms with E-state index in [1.807, 2.05) is 0 Å². The fourth-order valence-corrected chi connectivity index (χ4v) is 1.90. The molecule has 0 aromatic heterocycles. The number of likely N-dealkylation sites (tertiary alicyclic amines) is 1. The molecule has 7 heteroatoms. The van der Waals surface area contributed by atoms with Gasteiger partial charge in [-0.25, -0.2) is 0 Å². The molecule has 17 heavy (non-hydrogen) atoms. The number of carbonyl (C=O) groups excluding carboxylic acids is 1. The largest absolute Gasteiger partial charge is 0.481 e. The molecule has 0 radical (unpaired) electrons. The maximum atomic E-state index is 11.9. The number of aliphatic carboxylic acids is 1. The zero-order valence-corrected chi connectivity index (χ0v) is 9.33. The van der Waals surface area contributed by atoms with Crippen LogP contribution in [0.2, 0.25) is 0 Å². The SMILES string of the molecule is CC1CN(C(=O)CCC(F)(F)F)CC1C(=O)O. The summed E-state index contributed by atoms with van der Waals surface area (Å²) < 4.78 is 35.8. The summed E-state index contributed by atoms with van der Waals surface area (Å²) in [6, 6.07) is 0. The van der Waals surface area contributed by atoms with Gasteiger partial charge in [-0.05, 0) is 5.92 Å². The zero-order valence-electron chi connectivity index (χ0n) is 9.33. The summed E-state index contributed by atoms with van der Waals surface area (Å²) >= 11 is 0. The minimum atomic E-state index is -4.35. The van der Waals surface area contributed by atoms with Gasteiger partial charge in [-0.15, -0.1) is 0 Å². The molecule has 0 aliphatic carbocycles. The third-order valence-electron chi connectivity index (χ3n) is 2.90. The van der Waals surface area contributed by atoms with Gasteiger partial charge in [0, 0.05) is 19.5 Å². The van der Waals surface area contributed by atoms with Gasteiger partial charge in [0.1, 0.15) is 0 Å². The number of halogens is 3. The highest BCUT2D eigenvalue weighted by Gasteiger charge is 2.37. The summed E-state index contributed by atoms with van der Waals surface area (Å²) in [5.41, 5.74) is 0. The topological polar surface area (TPSA) is 57.6 Å². The van der Waals surface area contributed by atoms with Gasteiger partial charge >= 0.3 is 12.1 Å². The van der Waals surface area contributed by atoms with Gasteiger partial charge in [0.25, 0.3) is 0 Å². The maximum absolute atomic E-state index is 11.9. The van der Waals surface area contributed by atoms with E-state index >= 15 is 0 Å². The van der Waals surface area contributed by atoms with Gasteiger partial charge in [0.15, 0.2) is 0 Å². The molecule has 1 aliphatic heterocycles. The van der Waals surface area contributed by atoms with Crippen LogP contribution in [0.3, 0.4) is 0 Å². The molecular formula is C10H14F3NO3. The predicted molar refractivity (Wildman–Crippen MR) is 52.2 cm³/mol. The molecule has 0 saturated carbocycles. The van der Waals surface area contributed by atoms with E-state index in [0.717, 1.165) is 0 Å². The predicted octanol–water partition coefficient (Wildman–Crippen LogP) is 1.51. The Morgan fingerprint density at radius 3 is 2.35 bits per heavy atom. The van der Waals surface area contributed by atoms with Gasteiger partial charge in [-0.2, -0.15) is 13.2 Å². The Bertz CT molecular complexity index is 316. The smallest absolute Gasteiger partial charge is 0.389 e. The van der Waals surface area contributed by atoms with Gasteiger partial charge < -0.3 is 10.0 Å². The lowest BCUT2D eigenvalue weighted by Gasteiger charge is -2.16. The molecule has 1 saturated heterocycles. The van der Waals surface area contributed by atoms with Gasteiger partial charge in [-0.1, -0.05) is 6.92 Å². The van der Waals surface area contributed by atoms with E-state index in [9.17, 15) is 22.8 Å². The Balaban J connectivity index is 2.48. The first-order valence-corrected chi connectivity index (χ1v) is 5.28. The van der Waals surface area contributed by atoms with Crippen LogP contribution in [0.5, 0.6) is 0 Å². The number of carboxylic acids is 1. The number of nitrogens with zero attached hydrogens (tertiary/aromatic N) is 1. The van der Waals surface area contributed by atoms with E-state index in [4.69, 9.17) is 5.11 Å². The number of alkyl halides is 3. The van der Waals surface area contributed by atoms with Crippen LogP contribution in [0.1, 0.15) is 19.8 Å². The van der Waals surface area contributed by atoms with Crippen LogP contribution in [-0.2, 0) is 9.59 Å². The lowest BCUT2D eigenvalue weighted by atomic mass is 9.99. The lowest BCUT2D eigenvalue weighted by molar-refractivity contribution is -0.149. The number of rotatable bonds is 3. The highest BCUT2D eigenvalue weighted by atomic mass is 19.4. The number of hydrogen-bond acceptors (Lipinski definition) is 2. The second-order valence-corrected chi connectivity index (χ2v) is 4.34. The molecule has 0 aromatic carbocycles. The molecule has 0 bridgehead atoms. The average Bonchev–Trinajstić information content (AvgIpc) is 2.55. The van der Waals surface area contributed by atoms with Crippen molar-refractivity contribution in [1.29, 1.82) is 0 Å². The summed E-state index contributed by atoms with van der Waals surface area (Å²) in [4.78, 5) is 23.4. The van der Waals surface area contributed by atoms with Crippen molar-refractivity contribution >= 4 is 11.9 Å². The van der Waals surface area contributed by atoms with Crippen LogP contribution in [0.15, 0.2) is 0 Å². The zero-order chi connectivity index (χ0) is 13.2. The van der Waals surface area contributed by atoms with Gasteiger partial charge in [-0.3, -0.25) is 9.59 Å². The van der Waals surface area contributed by atoms with Crippen molar-refractivity contribution < 1.29 is 27.9 Å². The van der Waals surface area contributed by atoms with Crippen LogP contribution in [0, 0.1) is 11.8 Å². The average molecular weight is 253 g/mol. The Morgan fingerprint density at radius 1 is 1.35 bits per heavy atom. The van der Waals surface area contributed by atoms with Crippen molar-refractivity contribution in [1.82, 2.24) is 4.90 Å². The van der Waals surface area contributed by atoms with Crippen molar-refractivity contribution in [2.45, 2.75) is 25.9 Å². The van der Waals surface area contributed by atoms with Gasteiger partial charge in [0.05, 0.1) is 12.3 Å². The molecule has 1 aliphatic rings. The van der Waals surface area contributed by atoms with Crippen molar-refractivity contribution in [2.24, 2.45) is 11.8 Å². The molecule has 1 N–H and O–H groups in total. The number of carboxylic acid groups (broad SMARTS) is 1. The van der Waals surface area contributed by atoms with E-state index in [2.05, 4.69) is 0 Å². The lowest BCUT2D eigenvalue weighted by Crippen LogP contribution is -2.30. The first kappa shape index (κ1) is 13.8. The summed E-state index contributed by atoms with van der Waals surface area (Å²) in [5, 5.41) is 8.82. The quantitative estimate of drug-likeness (QED) is 0.829. The Morgan fingerprint density at radius 2 is 1.94 bits per heavy atom. The summed E-state index contributed by atoms with van der Waals surface area (Å²) in [6.45, 7) is 1.90. The third kappa shape index (κ3) is 3.90. The molecule has 4 nitrogen and oxygen atoms in total. The molecule has 1 rings (SSSR count). The van der Waals surface area contributed by atoms with Crippen LogP contribution in [0.4, 0.5) is 13.2 Å². The summed E-state index contributed by atoms with van der Waals surface area (Å²) in [7, 11) is 0. The first-order chi connectivity index (χ1) is 7.70. The van der Waals surface area contributed by atoms with E-state index in [1.54, 1.807) is 6.92 Å². The molecule has 2 unspecified atom stereocenters. The Hall–Kier alpha value is -1.27. The third-order valence-corrected chi connectivity index (χ3v) is 2.90. The highest BCUT2D eigenvalue weighted by Crippen LogP contribution is 2.26. The molecule has 0 spiro atoms. The van der Waals surface area contributed by atoms with Crippen LogP contribution < -0.4 is 0 Å². The standard InChI is InChI=1S/C10H14F3NO3/c1-6-4-14(5-7(6)9(16)17)8(15)2-3-10(11,12)13/h6-7H,2-5H2,1H3,(H,16,17). The second-order valence-electron chi connectivity index (χ2n) is 4.34. The highest BCUT2D eigenvalue weighted by molar-refractivity contribution is 5.79. The maximum Gasteiger partial charge on any atom is 0.389 e. The van der Waals surface area contributed by atoms with Crippen molar-refractivity contribution in [3.63, 3.8) is 0 Å². The molecule has 1 amide bonds. The Labute approximate surface area is 96.4 Å². The van der Waals surface area contributed by atoms with Crippen LogP contribution in [-0.4, -0.2) is 41.1 Å². The monoisotopic (exact) mass is 253 g/mol. The van der Waals surface area contributed by atoms with E-state index in [0.29, 0.717) is 0 Å². The van der Waals surface area contributed by atoms with E-state index in [-0.39, 0.29) is 19.0 Å². The van der Waals surface area contributed by atoms with E-state index in [1.165, 1.54) is 4.90 Å². The summed E-state index contributed by atoms with van der Waals surface area (Å²) in [6.07, 6.45) is -6.12. The van der Waals surface area contributed by atoms with Crippen molar-refractivity contribution in [3.05, 3.63) is 0 Å². The molecule has 1 heterocycles. The molecule has 98 valence electrons. The summed E-state index contributed by atoms with van der Waals surface area (Å²) in [5.74, 6) is -2.53. The first-order valence-electron chi connectivity index (χ1n) is 5.28. The minimum absolute atomic E-state index is 0.00713. The van der Waals surface area contributed by atoms with Crippen molar-refractivity contribution in [2.75, 3.05) is 13.1 Å². The molecule has 0 aromatic rings. The number of carbonyl (C=O) groups is 2. The van der Waals surface area contributed by atoms with Crippen LogP contribution in [0.25, 0.3) is 0 Å². The van der Waals surface area contributed by atoms with E-state index < -0.39 is 36.8 Å². The van der Waals surface area contributed by atoms with Gasteiger partial charge in [0.2, 0.25) is 5.91 Å². The molecule has 1 fully saturated rings. The second kappa shape index (κ2) is 4.93. The number of hydrogen-bond donors (Lipinski definition) is 1. The minimum Gasteiger partial charge on any atom is -0.481 e. The number of amides is 1. The van der Waals surface area contributed by atoms with Crippen LogP contribution >= 0.6 is 0 Å². The fraction of sp³-hybridized carbons (Fsp3) is 0.800. The fourth-order valence-electron chi connectivity index (χ4n) is 1.90. The normalized spacial score (nSPS) is 25.1. The Kier molecular flexibility index (Phi) is 4.00. The van der Waals surface area contributed by atoms with Crippen molar-refractivity contribution in [3.8, 4) is 0 Å². The molecule has 2 atom stereocenters.